The molecule has 0 spiro atoms. The second-order valence-electron chi connectivity index (χ2n) is 4.75. The van der Waals surface area contributed by atoms with Crippen LogP contribution in [0.2, 0.25) is 0 Å². The molecule has 0 aliphatic heterocycles. The fraction of sp³-hybridized carbons (Fsp3) is 0.375. The van der Waals surface area contributed by atoms with Crippen molar-refractivity contribution in [1.29, 1.82) is 0 Å². The number of ether oxygens (including phenoxy) is 1. The highest BCUT2D eigenvalue weighted by molar-refractivity contribution is 6.15. The van der Waals surface area contributed by atoms with Crippen LogP contribution in [0.25, 0.3) is 5.57 Å². The van der Waals surface area contributed by atoms with Gasteiger partial charge in [0.2, 0.25) is 0 Å². The van der Waals surface area contributed by atoms with Gasteiger partial charge in [-0.2, -0.15) is 0 Å². The van der Waals surface area contributed by atoms with Crippen molar-refractivity contribution < 1.29 is 14.3 Å². The van der Waals surface area contributed by atoms with Gasteiger partial charge in [0.25, 0.3) is 0 Å². The summed E-state index contributed by atoms with van der Waals surface area (Å²) in [5, 5.41) is 0. The molecule has 0 radical (unpaired) electrons. The standard InChI is InChI=1S/C16H18O3/c1-3-19-15(18)16(11-7-10-14(16)17)12(2)13-8-5-4-6-9-13/h4-6,8-9H,2-3,7,10-11H2,1H3. The molecule has 0 amide bonds. The Hall–Kier alpha value is -1.90. The minimum absolute atomic E-state index is 0.0696. The van der Waals surface area contributed by atoms with E-state index in [1.165, 1.54) is 0 Å². The smallest absolute Gasteiger partial charge is 0.324 e. The maximum absolute atomic E-state index is 12.3. The van der Waals surface area contributed by atoms with Crippen molar-refractivity contribution in [2.24, 2.45) is 5.41 Å². The fourth-order valence-corrected chi connectivity index (χ4v) is 2.67. The number of carbonyl (C=O) groups is 2. The largest absolute Gasteiger partial charge is 0.465 e. The van der Waals surface area contributed by atoms with Crippen LogP contribution in [0, 0.1) is 5.41 Å². The van der Waals surface area contributed by atoms with Crippen molar-refractivity contribution in [3.63, 3.8) is 0 Å². The van der Waals surface area contributed by atoms with Gasteiger partial charge < -0.3 is 4.74 Å². The van der Waals surface area contributed by atoms with E-state index >= 15 is 0 Å². The summed E-state index contributed by atoms with van der Waals surface area (Å²) in [5.74, 6) is -0.522. The first-order chi connectivity index (χ1) is 9.13. The van der Waals surface area contributed by atoms with Gasteiger partial charge in [0.15, 0.2) is 11.2 Å². The zero-order chi connectivity index (χ0) is 13.9. The van der Waals surface area contributed by atoms with E-state index in [1.54, 1.807) is 6.92 Å². The molecular weight excluding hydrogens is 240 g/mol. The highest BCUT2D eigenvalue weighted by atomic mass is 16.5. The first-order valence-corrected chi connectivity index (χ1v) is 6.58. The first kappa shape index (κ1) is 13.5. The van der Waals surface area contributed by atoms with Gasteiger partial charge in [-0.15, -0.1) is 0 Å². The summed E-state index contributed by atoms with van der Waals surface area (Å²) in [6.45, 7) is 6.03. The van der Waals surface area contributed by atoms with Crippen LogP contribution in [0.4, 0.5) is 0 Å². The van der Waals surface area contributed by atoms with Crippen molar-refractivity contribution in [3.8, 4) is 0 Å². The quantitative estimate of drug-likeness (QED) is 0.616. The summed E-state index contributed by atoms with van der Waals surface area (Å²) in [7, 11) is 0. The number of Topliss-reactive ketones (excluding diaryl/α,β-unsaturated/α-hetero) is 1. The number of hydrogen-bond acceptors (Lipinski definition) is 3. The van der Waals surface area contributed by atoms with E-state index in [-0.39, 0.29) is 12.4 Å². The average Bonchev–Trinajstić information content (AvgIpc) is 2.82. The summed E-state index contributed by atoms with van der Waals surface area (Å²) in [4.78, 5) is 24.6. The SMILES string of the molecule is C=C(c1ccccc1)C1(C(=O)OCC)CCCC1=O. The Balaban J connectivity index is 2.42. The van der Waals surface area contributed by atoms with Gasteiger partial charge >= 0.3 is 5.97 Å². The van der Waals surface area contributed by atoms with Gasteiger partial charge in [0.05, 0.1) is 6.61 Å². The molecule has 1 unspecified atom stereocenters. The van der Waals surface area contributed by atoms with Crippen LogP contribution in [-0.2, 0) is 14.3 Å². The molecule has 0 bridgehead atoms. The van der Waals surface area contributed by atoms with Crippen LogP contribution in [0.1, 0.15) is 31.7 Å². The molecule has 0 heterocycles. The van der Waals surface area contributed by atoms with Crippen molar-refractivity contribution in [2.45, 2.75) is 26.2 Å². The normalized spacial score (nSPS) is 22.3. The molecule has 1 atom stereocenters. The molecule has 1 aliphatic carbocycles. The second kappa shape index (κ2) is 5.39. The second-order valence-corrected chi connectivity index (χ2v) is 4.75. The van der Waals surface area contributed by atoms with Crippen molar-refractivity contribution in [2.75, 3.05) is 6.61 Å². The zero-order valence-electron chi connectivity index (χ0n) is 11.1. The summed E-state index contributed by atoms with van der Waals surface area (Å²) in [6, 6.07) is 9.38. The third-order valence-electron chi connectivity index (χ3n) is 3.69. The Kier molecular flexibility index (Phi) is 3.84. The first-order valence-electron chi connectivity index (χ1n) is 6.58. The number of esters is 1. The minimum Gasteiger partial charge on any atom is -0.465 e. The van der Waals surface area contributed by atoms with Crippen LogP contribution < -0.4 is 0 Å². The number of benzene rings is 1. The van der Waals surface area contributed by atoms with Crippen LogP contribution >= 0.6 is 0 Å². The van der Waals surface area contributed by atoms with Gasteiger partial charge in [-0.05, 0) is 30.9 Å². The Morgan fingerprint density at radius 2 is 2.05 bits per heavy atom. The lowest BCUT2D eigenvalue weighted by molar-refractivity contribution is -0.154. The Bertz CT molecular complexity index is 504. The van der Waals surface area contributed by atoms with Crippen LogP contribution in [0.5, 0.6) is 0 Å². The van der Waals surface area contributed by atoms with Crippen LogP contribution in [-0.4, -0.2) is 18.4 Å². The van der Waals surface area contributed by atoms with E-state index in [1.807, 2.05) is 30.3 Å². The minimum atomic E-state index is -1.17. The van der Waals surface area contributed by atoms with Gasteiger partial charge in [-0.25, -0.2) is 0 Å². The Labute approximate surface area is 113 Å². The highest BCUT2D eigenvalue weighted by Crippen LogP contribution is 2.46. The zero-order valence-corrected chi connectivity index (χ0v) is 11.1. The van der Waals surface area contributed by atoms with Crippen molar-refractivity contribution in [1.82, 2.24) is 0 Å². The molecule has 19 heavy (non-hydrogen) atoms. The molecule has 3 nitrogen and oxygen atoms in total. The molecule has 0 saturated heterocycles. The van der Waals surface area contributed by atoms with E-state index in [0.717, 1.165) is 5.56 Å². The monoisotopic (exact) mass is 258 g/mol. The topological polar surface area (TPSA) is 43.4 Å². The molecule has 1 aromatic rings. The highest BCUT2D eigenvalue weighted by Gasteiger charge is 2.52. The van der Waals surface area contributed by atoms with Crippen LogP contribution in [0.3, 0.4) is 0 Å². The molecule has 3 heteroatoms. The third-order valence-corrected chi connectivity index (χ3v) is 3.69. The van der Waals surface area contributed by atoms with Crippen molar-refractivity contribution >= 4 is 17.3 Å². The average molecular weight is 258 g/mol. The van der Waals surface area contributed by atoms with Gasteiger partial charge in [-0.1, -0.05) is 36.9 Å². The molecule has 1 fully saturated rings. The maximum Gasteiger partial charge on any atom is 0.324 e. The molecule has 0 aromatic heterocycles. The predicted octanol–water partition coefficient (Wildman–Crippen LogP) is 3.00. The van der Waals surface area contributed by atoms with E-state index < -0.39 is 11.4 Å². The lowest BCUT2D eigenvalue weighted by atomic mass is 9.75. The number of hydrogen-bond donors (Lipinski definition) is 0. The summed E-state index contributed by atoms with van der Waals surface area (Å²) in [6.07, 6.45) is 1.63. The number of rotatable bonds is 4. The molecule has 1 aliphatic rings. The summed E-state index contributed by atoms with van der Waals surface area (Å²) in [5.41, 5.74) is 0.219. The maximum atomic E-state index is 12.3. The molecule has 1 aromatic carbocycles. The molecular formula is C16H18O3. The molecule has 0 N–H and O–H groups in total. The predicted molar refractivity (Wildman–Crippen MR) is 73.4 cm³/mol. The lowest BCUT2D eigenvalue weighted by Crippen LogP contribution is -2.37. The lowest BCUT2D eigenvalue weighted by Gasteiger charge is -2.27. The fourth-order valence-electron chi connectivity index (χ4n) is 2.67. The third kappa shape index (κ3) is 2.21. The molecule has 1 saturated carbocycles. The van der Waals surface area contributed by atoms with Gasteiger partial charge in [-0.3, -0.25) is 9.59 Å². The Morgan fingerprint density at radius 1 is 1.37 bits per heavy atom. The van der Waals surface area contributed by atoms with Crippen LogP contribution in [0.15, 0.2) is 36.9 Å². The van der Waals surface area contributed by atoms with Crippen molar-refractivity contribution in [3.05, 3.63) is 42.5 Å². The number of carbonyl (C=O) groups excluding carboxylic acids is 2. The molecule has 100 valence electrons. The summed E-state index contributed by atoms with van der Waals surface area (Å²) >= 11 is 0. The van der Waals surface area contributed by atoms with Gasteiger partial charge in [0, 0.05) is 6.42 Å². The van der Waals surface area contributed by atoms with Gasteiger partial charge in [0.1, 0.15) is 0 Å². The van der Waals surface area contributed by atoms with E-state index in [0.29, 0.717) is 24.8 Å². The Morgan fingerprint density at radius 3 is 2.58 bits per heavy atom. The van der Waals surface area contributed by atoms with E-state index in [9.17, 15) is 9.59 Å². The van der Waals surface area contributed by atoms with E-state index in [4.69, 9.17) is 4.74 Å². The van der Waals surface area contributed by atoms with E-state index in [2.05, 4.69) is 6.58 Å². The molecule has 2 rings (SSSR count). The number of ketones is 1. The summed E-state index contributed by atoms with van der Waals surface area (Å²) < 4.78 is 5.12.